The third-order valence-electron chi connectivity index (χ3n) is 7.08. The molecule has 1 amide bonds. The van der Waals surface area contributed by atoms with Crippen LogP contribution < -0.4 is 10.6 Å². The van der Waals surface area contributed by atoms with Crippen LogP contribution >= 0.6 is 0 Å². The van der Waals surface area contributed by atoms with Gasteiger partial charge in [-0.05, 0) is 52.0 Å². The van der Waals surface area contributed by atoms with Crippen LogP contribution in [-0.4, -0.2) is 62.1 Å². The van der Waals surface area contributed by atoms with Gasteiger partial charge in [-0.1, -0.05) is 0 Å². The van der Waals surface area contributed by atoms with Crippen molar-refractivity contribution < 1.29 is 13.9 Å². The van der Waals surface area contributed by atoms with Crippen molar-refractivity contribution in [1.29, 1.82) is 0 Å². The van der Waals surface area contributed by atoms with Gasteiger partial charge in [-0.3, -0.25) is 4.79 Å². The van der Waals surface area contributed by atoms with Crippen molar-refractivity contribution in [2.75, 3.05) is 30.9 Å². The van der Waals surface area contributed by atoms with Crippen molar-refractivity contribution >= 4 is 28.6 Å². The van der Waals surface area contributed by atoms with Crippen molar-refractivity contribution in [3.63, 3.8) is 0 Å². The summed E-state index contributed by atoms with van der Waals surface area (Å²) in [5.41, 5.74) is 2.33. The van der Waals surface area contributed by atoms with Gasteiger partial charge in [-0.25, -0.2) is 15.0 Å². The van der Waals surface area contributed by atoms with E-state index in [9.17, 15) is 4.79 Å². The quantitative estimate of drug-likeness (QED) is 0.545. The van der Waals surface area contributed by atoms with Crippen LogP contribution in [0.15, 0.2) is 16.8 Å². The number of hydrogen-bond donors (Lipinski definition) is 2. The molecule has 0 radical (unpaired) electrons. The highest BCUT2D eigenvalue weighted by Gasteiger charge is 2.44. The molecule has 34 heavy (non-hydrogen) atoms. The Morgan fingerprint density at radius 1 is 1.18 bits per heavy atom. The number of rotatable bonds is 7. The summed E-state index contributed by atoms with van der Waals surface area (Å²) in [5.74, 6) is 2.16. The van der Waals surface area contributed by atoms with Gasteiger partial charge in [0.2, 0.25) is 11.5 Å². The first-order valence-corrected chi connectivity index (χ1v) is 11.8. The number of nitrogens with zero attached hydrogens (tertiary/aromatic N) is 5. The maximum absolute atomic E-state index is 13.5. The van der Waals surface area contributed by atoms with E-state index in [4.69, 9.17) is 9.15 Å². The number of carbonyl (C=O) groups is 1. The molecule has 3 aliphatic rings. The number of ether oxygens (including phenoxy) is 1. The van der Waals surface area contributed by atoms with Gasteiger partial charge >= 0.3 is 0 Å². The molecule has 0 atom stereocenters. The van der Waals surface area contributed by atoms with Gasteiger partial charge < -0.3 is 24.7 Å². The molecule has 0 bridgehead atoms. The van der Waals surface area contributed by atoms with E-state index in [1.807, 2.05) is 13.0 Å². The van der Waals surface area contributed by atoms with Gasteiger partial charge in [-0.15, -0.1) is 0 Å². The first-order chi connectivity index (χ1) is 16.4. The Labute approximate surface area is 197 Å². The van der Waals surface area contributed by atoms with Crippen molar-refractivity contribution in [3.05, 3.63) is 35.2 Å². The number of aromatic nitrogens is 4. The van der Waals surface area contributed by atoms with E-state index in [1.54, 1.807) is 18.3 Å². The van der Waals surface area contributed by atoms with Crippen LogP contribution in [-0.2, 0) is 17.7 Å². The zero-order chi connectivity index (χ0) is 23.5. The van der Waals surface area contributed by atoms with E-state index in [1.165, 1.54) is 0 Å². The molecule has 2 N–H and O–H groups in total. The Morgan fingerprint density at radius 2 is 2.00 bits per heavy atom. The van der Waals surface area contributed by atoms with E-state index >= 15 is 0 Å². The lowest BCUT2D eigenvalue weighted by Gasteiger charge is -2.29. The summed E-state index contributed by atoms with van der Waals surface area (Å²) in [4.78, 5) is 33.3. The Hall–Kier alpha value is -3.27. The zero-order valence-electron chi connectivity index (χ0n) is 19.8. The average Bonchev–Trinajstić information content (AvgIpc) is 3.71. The molecular formula is C24H29N7O3. The highest BCUT2D eigenvalue weighted by Crippen LogP contribution is 2.41. The van der Waals surface area contributed by atoms with Crippen LogP contribution in [0, 0.1) is 6.92 Å². The molecule has 3 aromatic rings. The molecule has 3 aromatic heterocycles. The molecule has 178 valence electrons. The van der Waals surface area contributed by atoms with E-state index in [0.717, 1.165) is 53.9 Å². The molecule has 1 aliphatic heterocycles. The third-order valence-corrected chi connectivity index (χ3v) is 7.08. The lowest BCUT2D eigenvalue weighted by molar-refractivity contribution is 0.0719. The van der Waals surface area contributed by atoms with Crippen LogP contribution in [0.2, 0.25) is 0 Å². The van der Waals surface area contributed by atoms with E-state index in [-0.39, 0.29) is 22.8 Å². The molecular weight excluding hydrogens is 434 g/mol. The summed E-state index contributed by atoms with van der Waals surface area (Å²) in [7, 11) is 1.72. The molecule has 10 nitrogen and oxygen atoms in total. The Bertz CT molecular complexity index is 1280. The van der Waals surface area contributed by atoms with Crippen LogP contribution in [0.5, 0.6) is 0 Å². The number of hydrogen-bond acceptors (Lipinski definition) is 9. The SMILES string of the molecule is COCC1(Nc2ncnc3c2CCN(C(=O)c2nc(NC4(C)CC4)c4cc(C)oc4n2)C3)CC1. The molecule has 0 saturated heterocycles. The summed E-state index contributed by atoms with van der Waals surface area (Å²) in [6.45, 7) is 5.61. The van der Waals surface area contributed by atoms with Crippen LogP contribution in [0.4, 0.5) is 11.6 Å². The van der Waals surface area contributed by atoms with E-state index in [0.29, 0.717) is 37.6 Å². The van der Waals surface area contributed by atoms with E-state index < -0.39 is 0 Å². The lowest BCUT2D eigenvalue weighted by atomic mass is 10.0. The molecule has 0 aromatic carbocycles. The Morgan fingerprint density at radius 3 is 2.74 bits per heavy atom. The summed E-state index contributed by atoms with van der Waals surface area (Å²) in [5, 5.41) is 7.86. The van der Waals surface area contributed by atoms with Gasteiger partial charge in [0.25, 0.3) is 5.91 Å². The molecule has 2 fully saturated rings. The second kappa shape index (κ2) is 7.63. The molecule has 2 aliphatic carbocycles. The fourth-order valence-electron chi connectivity index (χ4n) is 4.59. The highest BCUT2D eigenvalue weighted by atomic mass is 16.5. The minimum atomic E-state index is -0.225. The maximum atomic E-state index is 13.5. The van der Waals surface area contributed by atoms with Crippen molar-refractivity contribution in [2.45, 2.75) is 63.6 Å². The largest absolute Gasteiger partial charge is 0.443 e. The summed E-state index contributed by atoms with van der Waals surface area (Å²) in [6, 6.07) is 1.91. The normalized spacial score (nSPS) is 19.6. The van der Waals surface area contributed by atoms with Gasteiger partial charge in [-0.2, -0.15) is 4.98 Å². The van der Waals surface area contributed by atoms with E-state index in [2.05, 4.69) is 37.5 Å². The van der Waals surface area contributed by atoms with Gasteiger partial charge in [0.15, 0.2) is 0 Å². The molecule has 6 rings (SSSR count). The van der Waals surface area contributed by atoms with Crippen molar-refractivity contribution in [1.82, 2.24) is 24.8 Å². The molecule has 4 heterocycles. The number of nitrogens with one attached hydrogen (secondary N) is 2. The average molecular weight is 464 g/mol. The second-order valence-electron chi connectivity index (χ2n) is 10.1. The topological polar surface area (TPSA) is 118 Å². The predicted octanol–water partition coefficient (Wildman–Crippen LogP) is 3.08. The highest BCUT2D eigenvalue weighted by molar-refractivity contribution is 5.95. The first kappa shape index (κ1) is 21.3. The predicted molar refractivity (Wildman–Crippen MR) is 126 cm³/mol. The van der Waals surface area contributed by atoms with Crippen molar-refractivity contribution in [3.8, 4) is 0 Å². The number of anilines is 2. The Balaban J connectivity index is 1.26. The number of methoxy groups -OCH3 is 1. The van der Waals surface area contributed by atoms with Gasteiger partial charge in [0, 0.05) is 24.8 Å². The summed E-state index contributed by atoms with van der Waals surface area (Å²) < 4.78 is 11.1. The molecule has 10 heteroatoms. The minimum absolute atomic E-state index is 0.0128. The van der Waals surface area contributed by atoms with Crippen molar-refractivity contribution in [2.24, 2.45) is 0 Å². The van der Waals surface area contributed by atoms with Crippen LogP contribution in [0.1, 0.15) is 60.2 Å². The molecule has 0 unspecified atom stereocenters. The van der Waals surface area contributed by atoms with Gasteiger partial charge in [0.1, 0.15) is 23.7 Å². The summed E-state index contributed by atoms with van der Waals surface area (Å²) in [6.07, 6.45) is 6.49. The second-order valence-corrected chi connectivity index (χ2v) is 10.1. The molecule has 2 saturated carbocycles. The van der Waals surface area contributed by atoms with Gasteiger partial charge in [0.05, 0.1) is 29.8 Å². The maximum Gasteiger partial charge on any atom is 0.292 e. The van der Waals surface area contributed by atoms with Crippen LogP contribution in [0.3, 0.4) is 0 Å². The minimum Gasteiger partial charge on any atom is -0.443 e. The zero-order valence-corrected chi connectivity index (χ0v) is 19.8. The summed E-state index contributed by atoms with van der Waals surface area (Å²) >= 11 is 0. The standard InChI is InChI=1S/C24H29N7O3/c1-14-10-16-19(29-23(2)5-6-23)27-20(28-21(16)34-14)22(32)31-9-4-15-17(11-31)25-13-26-18(15)30-24(7-8-24)12-33-3/h10,13H,4-9,11-12H2,1-3H3,(H,25,26,30)(H,27,28,29). The fourth-order valence-corrected chi connectivity index (χ4v) is 4.59. The number of furan rings is 1. The Kier molecular flexibility index (Phi) is 4.77. The lowest BCUT2D eigenvalue weighted by Crippen LogP contribution is -2.38. The third kappa shape index (κ3) is 3.85. The number of amides is 1. The smallest absolute Gasteiger partial charge is 0.292 e. The monoisotopic (exact) mass is 463 g/mol. The first-order valence-electron chi connectivity index (χ1n) is 11.8. The molecule has 0 spiro atoms. The number of fused-ring (bicyclic) bond motifs is 2. The fraction of sp³-hybridized carbons (Fsp3) is 0.542. The van der Waals surface area contributed by atoms with Crippen LogP contribution in [0.25, 0.3) is 11.1 Å². The number of carbonyl (C=O) groups excluding carboxylic acids is 1. The number of aryl methyl sites for hydroxylation is 1.